The van der Waals surface area contributed by atoms with Gasteiger partial charge in [-0.1, -0.05) is 24.3 Å². The molecule has 1 aliphatic heterocycles. The van der Waals surface area contributed by atoms with Crippen LogP contribution in [0, 0.1) is 11.7 Å². The number of hydrogen-bond donors (Lipinski definition) is 1. The average molecular weight is 446 g/mol. The predicted molar refractivity (Wildman–Crippen MR) is 122 cm³/mol. The summed E-state index contributed by atoms with van der Waals surface area (Å²) in [6, 6.07) is 17.9. The largest absolute Gasteiger partial charge is 0.497 e. The highest BCUT2D eigenvalue weighted by Gasteiger charge is 2.38. The van der Waals surface area contributed by atoms with Crippen LogP contribution in [0.25, 0.3) is 0 Å². The number of Topliss-reactive ketones (excluding diaryl/α,β-unsaturated/α-hetero) is 1. The molecule has 0 spiro atoms. The first-order valence-electron chi connectivity index (χ1n) is 10.5. The summed E-state index contributed by atoms with van der Waals surface area (Å²) in [7, 11) is 3.18. The zero-order valence-electron chi connectivity index (χ0n) is 18.3. The van der Waals surface area contributed by atoms with Gasteiger partial charge in [-0.15, -0.1) is 0 Å². The lowest BCUT2D eigenvalue weighted by Gasteiger charge is -2.30. The minimum absolute atomic E-state index is 0.0904. The molecule has 1 heterocycles. The Hall–Kier alpha value is -4.00. The Balaban J connectivity index is 1.53. The van der Waals surface area contributed by atoms with Crippen molar-refractivity contribution in [3.63, 3.8) is 0 Å². The van der Waals surface area contributed by atoms with Crippen LogP contribution in [0.4, 0.5) is 10.1 Å². The number of benzene rings is 3. The Morgan fingerprint density at radius 3 is 2.48 bits per heavy atom. The number of carbonyl (C=O) groups excluding carboxylic acids is 3. The molecule has 1 unspecified atom stereocenters. The highest BCUT2D eigenvalue weighted by molar-refractivity contribution is 6.22. The third-order valence-electron chi connectivity index (χ3n) is 5.77. The number of nitrogens with one attached hydrogen (secondary N) is 1. The number of nitrogens with zero attached hydrogens (tertiary/aromatic N) is 1. The Bertz CT molecular complexity index is 1220. The highest BCUT2D eigenvalue weighted by atomic mass is 19.1. The van der Waals surface area contributed by atoms with Crippen LogP contribution in [0.15, 0.2) is 66.7 Å². The number of amides is 2. The molecule has 0 fully saturated rings. The van der Waals surface area contributed by atoms with Crippen molar-refractivity contribution >= 4 is 23.3 Å². The van der Waals surface area contributed by atoms with Gasteiger partial charge in [0.25, 0.3) is 5.91 Å². The maximum absolute atomic E-state index is 13.6. The number of methoxy groups -OCH3 is 1. The van der Waals surface area contributed by atoms with Crippen molar-refractivity contribution in [2.45, 2.75) is 13.0 Å². The monoisotopic (exact) mass is 446 g/mol. The number of ether oxygens (including phenoxy) is 1. The first kappa shape index (κ1) is 22.2. The molecule has 4 rings (SSSR count). The van der Waals surface area contributed by atoms with E-state index >= 15 is 0 Å². The average Bonchev–Trinajstić information content (AvgIpc) is 2.83. The summed E-state index contributed by atoms with van der Waals surface area (Å²) in [5.41, 5.74) is 2.54. The fraction of sp³-hybridized carbons (Fsp3) is 0.192. The molecule has 168 valence electrons. The lowest BCUT2D eigenvalue weighted by Crippen LogP contribution is -2.43. The fourth-order valence-corrected chi connectivity index (χ4v) is 3.93. The Labute approximate surface area is 191 Å². The van der Waals surface area contributed by atoms with Crippen LogP contribution in [-0.4, -0.2) is 31.8 Å². The smallest absolute Gasteiger partial charge is 0.251 e. The maximum Gasteiger partial charge on any atom is 0.251 e. The van der Waals surface area contributed by atoms with E-state index in [0.29, 0.717) is 28.9 Å². The summed E-state index contributed by atoms with van der Waals surface area (Å²) in [5, 5.41) is 2.84. The van der Waals surface area contributed by atoms with E-state index in [1.54, 1.807) is 38.4 Å². The second kappa shape index (κ2) is 9.24. The number of carbonyl (C=O) groups is 3. The summed E-state index contributed by atoms with van der Waals surface area (Å²) in [5.74, 6) is -1.72. The molecule has 6 nitrogen and oxygen atoms in total. The SMILES string of the molecule is COc1ccc(CNC(=O)c2ccc3c(c2)C(=O)C(Cc2cccc(F)c2)C(=O)N3C)cc1. The molecule has 0 radical (unpaired) electrons. The maximum atomic E-state index is 13.6. The molecular formula is C26H23FN2O4. The van der Waals surface area contributed by atoms with Gasteiger partial charge in [-0.2, -0.15) is 0 Å². The second-order valence-corrected chi connectivity index (χ2v) is 7.91. The van der Waals surface area contributed by atoms with Gasteiger partial charge >= 0.3 is 0 Å². The normalized spacial score (nSPS) is 15.2. The Morgan fingerprint density at radius 2 is 1.79 bits per heavy atom. The molecule has 0 bridgehead atoms. The van der Waals surface area contributed by atoms with Crippen LogP contribution in [-0.2, 0) is 17.8 Å². The third kappa shape index (κ3) is 4.62. The molecule has 7 heteroatoms. The minimum Gasteiger partial charge on any atom is -0.497 e. The molecule has 3 aromatic carbocycles. The number of rotatable bonds is 6. The first-order valence-corrected chi connectivity index (χ1v) is 10.5. The van der Waals surface area contributed by atoms with Gasteiger partial charge in [0, 0.05) is 24.7 Å². The van der Waals surface area contributed by atoms with Crippen molar-refractivity contribution in [2.24, 2.45) is 5.92 Å². The Kier molecular flexibility index (Phi) is 6.22. The second-order valence-electron chi connectivity index (χ2n) is 7.91. The van der Waals surface area contributed by atoms with Crippen molar-refractivity contribution in [3.05, 3.63) is 94.8 Å². The van der Waals surface area contributed by atoms with Crippen molar-refractivity contribution in [2.75, 3.05) is 19.1 Å². The molecule has 1 N–H and O–H groups in total. The van der Waals surface area contributed by atoms with Gasteiger partial charge in [-0.05, 0) is 60.0 Å². The van der Waals surface area contributed by atoms with Gasteiger partial charge in [0.15, 0.2) is 5.78 Å². The summed E-state index contributed by atoms with van der Waals surface area (Å²) in [6.45, 7) is 0.314. The summed E-state index contributed by atoms with van der Waals surface area (Å²) in [4.78, 5) is 40.2. The van der Waals surface area contributed by atoms with Crippen molar-refractivity contribution < 1.29 is 23.5 Å². The number of hydrogen-bond acceptors (Lipinski definition) is 4. The van der Waals surface area contributed by atoms with E-state index in [-0.39, 0.29) is 24.0 Å². The van der Waals surface area contributed by atoms with Crippen LogP contribution in [0.1, 0.15) is 31.8 Å². The highest BCUT2D eigenvalue weighted by Crippen LogP contribution is 2.32. The molecule has 3 aromatic rings. The predicted octanol–water partition coefficient (Wildman–Crippen LogP) is 3.78. The van der Waals surface area contributed by atoms with Crippen LogP contribution < -0.4 is 15.0 Å². The molecule has 0 aromatic heterocycles. The minimum atomic E-state index is -0.970. The number of anilines is 1. The van der Waals surface area contributed by atoms with Gasteiger partial charge in [0.1, 0.15) is 17.5 Å². The molecule has 1 aliphatic rings. The van der Waals surface area contributed by atoms with E-state index in [1.807, 2.05) is 24.3 Å². The molecule has 0 saturated carbocycles. The van der Waals surface area contributed by atoms with E-state index in [9.17, 15) is 18.8 Å². The molecule has 33 heavy (non-hydrogen) atoms. The van der Waals surface area contributed by atoms with Crippen LogP contribution >= 0.6 is 0 Å². The molecule has 0 saturated heterocycles. The van der Waals surface area contributed by atoms with E-state index in [2.05, 4.69) is 5.32 Å². The number of ketones is 1. The van der Waals surface area contributed by atoms with Gasteiger partial charge < -0.3 is 15.0 Å². The van der Waals surface area contributed by atoms with Crippen LogP contribution in [0.5, 0.6) is 5.75 Å². The van der Waals surface area contributed by atoms with Crippen LogP contribution in [0.2, 0.25) is 0 Å². The number of halogens is 1. The lowest BCUT2D eigenvalue weighted by atomic mass is 9.85. The zero-order valence-corrected chi connectivity index (χ0v) is 18.3. The third-order valence-corrected chi connectivity index (χ3v) is 5.77. The van der Waals surface area contributed by atoms with Gasteiger partial charge in [-0.3, -0.25) is 14.4 Å². The molecule has 0 aliphatic carbocycles. The van der Waals surface area contributed by atoms with Crippen molar-refractivity contribution in [3.8, 4) is 5.75 Å². The lowest BCUT2D eigenvalue weighted by molar-refractivity contribution is -0.121. The van der Waals surface area contributed by atoms with E-state index in [4.69, 9.17) is 4.74 Å². The standard InChI is InChI=1S/C26H23FN2O4/c1-29-23-11-8-18(25(31)28-15-16-6-9-20(33-2)10-7-16)14-21(23)24(30)22(26(29)32)13-17-4-3-5-19(27)12-17/h3-12,14,22H,13,15H2,1-2H3,(H,28,31). The summed E-state index contributed by atoms with van der Waals surface area (Å²) < 4.78 is 18.7. The van der Waals surface area contributed by atoms with E-state index in [1.165, 1.54) is 23.1 Å². The fourth-order valence-electron chi connectivity index (χ4n) is 3.93. The number of fused-ring (bicyclic) bond motifs is 1. The quantitative estimate of drug-likeness (QED) is 0.585. The molecule has 1 atom stereocenters. The van der Waals surface area contributed by atoms with Gasteiger partial charge in [0.2, 0.25) is 5.91 Å². The summed E-state index contributed by atoms with van der Waals surface area (Å²) >= 11 is 0. The zero-order chi connectivity index (χ0) is 23.5. The topological polar surface area (TPSA) is 75.7 Å². The van der Waals surface area contributed by atoms with Crippen molar-refractivity contribution in [1.82, 2.24) is 5.32 Å². The molecular weight excluding hydrogens is 423 g/mol. The van der Waals surface area contributed by atoms with E-state index in [0.717, 1.165) is 11.3 Å². The van der Waals surface area contributed by atoms with Gasteiger partial charge in [-0.25, -0.2) is 4.39 Å². The van der Waals surface area contributed by atoms with E-state index < -0.39 is 11.7 Å². The summed E-state index contributed by atoms with van der Waals surface area (Å²) in [6.07, 6.45) is 0.0904. The first-order chi connectivity index (χ1) is 15.9. The van der Waals surface area contributed by atoms with Crippen LogP contribution in [0.3, 0.4) is 0 Å². The van der Waals surface area contributed by atoms with Gasteiger partial charge in [0.05, 0.1) is 12.8 Å². The van der Waals surface area contributed by atoms with Crippen molar-refractivity contribution in [1.29, 1.82) is 0 Å². The Morgan fingerprint density at radius 1 is 1.03 bits per heavy atom. The molecule has 2 amide bonds.